The Morgan fingerprint density at radius 3 is 2.73 bits per heavy atom. The molecule has 3 rings (SSSR count). The molecule has 0 bridgehead atoms. The first-order valence-corrected chi connectivity index (χ1v) is 8.66. The number of nitrogens with one attached hydrogen (secondary N) is 1. The second-order valence-electron chi connectivity index (χ2n) is 6.91. The summed E-state index contributed by atoms with van der Waals surface area (Å²) < 4.78 is 0. The number of nitriles is 1. The molecule has 5 heteroatoms. The SMILES string of the molecule is CCc1cc2cc(C)c(C(C)(C#N)Cc3cccc(N)n3)cc2[nH]c1=O. The highest BCUT2D eigenvalue weighted by Gasteiger charge is 2.29. The fraction of sp³-hybridized carbons (Fsp3) is 0.286. The number of fused-ring (bicyclic) bond motifs is 1. The van der Waals surface area contributed by atoms with Crippen LogP contribution in [-0.4, -0.2) is 9.97 Å². The number of pyridine rings is 2. The van der Waals surface area contributed by atoms with Crippen LogP contribution in [0.2, 0.25) is 0 Å². The number of nitrogens with zero attached hydrogens (tertiary/aromatic N) is 2. The summed E-state index contributed by atoms with van der Waals surface area (Å²) in [6.45, 7) is 5.85. The summed E-state index contributed by atoms with van der Waals surface area (Å²) in [6, 6.07) is 13.7. The molecule has 0 aliphatic rings. The summed E-state index contributed by atoms with van der Waals surface area (Å²) in [5.41, 5.74) is 9.09. The van der Waals surface area contributed by atoms with Gasteiger partial charge in [0.05, 0.1) is 11.5 Å². The topological polar surface area (TPSA) is 95.6 Å². The number of nitrogen functional groups attached to an aromatic ring is 1. The van der Waals surface area contributed by atoms with Gasteiger partial charge in [0.2, 0.25) is 0 Å². The zero-order valence-electron chi connectivity index (χ0n) is 15.3. The summed E-state index contributed by atoms with van der Waals surface area (Å²) in [7, 11) is 0. The maximum Gasteiger partial charge on any atom is 0.251 e. The molecule has 0 saturated carbocycles. The molecule has 2 aromatic heterocycles. The smallest absolute Gasteiger partial charge is 0.251 e. The van der Waals surface area contributed by atoms with Gasteiger partial charge in [0, 0.05) is 23.2 Å². The second kappa shape index (κ2) is 6.64. The van der Waals surface area contributed by atoms with Gasteiger partial charge >= 0.3 is 0 Å². The van der Waals surface area contributed by atoms with Gasteiger partial charge in [-0.1, -0.05) is 13.0 Å². The predicted octanol–water partition coefficient (Wildman–Crippen LogP) is 3.40. The zero-order valence-corrected chi connectivity index (χ0v) is 15.3. The van der Waals surface area contributed by atoms with Gasteiger partial charge in [-0.2, -0.15) is 5.26 Å². The molecule has 132 valence electrons. The number of hydrogen-bond donors (Lipinski definition) is 2. The largest absolute Gasteiger partial charge is 0.384 e. The standard InChI is InChI=1S/C21H22N4O/c1-4-14-9-15-8-13(2)17(10-18(15)25-20(14)26)21(3,12-22)11-16-6-5-7-19(23)24-16/h5-10H,4,11H2,1-3H3,(H2,23,24)(H,25,26). The number of anilines is 1. The maximum atomic E-state index is 12.2. The molecule has 3 aromatic rings. The summed E-state index contributed by atoms with van der Waals surface area (Å²) in [6.07, 6.45) is 1.13. The van der Waals surface area contributed by atoms with E-state index in [0.717, 1.165) is 33.3 Å². The van der Waals surface area contributed by atoms with Gasteiger partial charge in [0.25, 0.3) is 5.56 Å². The lowest BCUT2D eigenvalue weighted by molar-refractivity contribution is 0.594. The summed E-state index contributed by atoms with van der Waals surface area (Å²) in [5, 5.41) is 10.9. The number of aromatic nitrogens is 2. The molecular formula is C21H22N4O. The third kappa shape index (κ3) is 3.18. The van der Waals surface area contributed by atoms with E-state index in [2.05, 4.69) is 16.0 Å². The number of aryl methyl sites for hydroxylation is 2. The molecular weight excluding hydrogens is 324 g/mol. The van der Waals surface area contributed by atoms with E-state index in [1.54, 1.807) is 6.07 Å². The van der Waals surface area contributed by atoms with E-state index in [1.165, 1.54) is 0 Å². The van der Waals surface area contributed by atoms with Gasteiger partial charge in [-0.15, -0.1) is 0 Å². The van der Waals surface area contributed by atoms with Crippen LogP contribution in [0.3, 0.4) is 0 Å². The first-order chi connectivity index (χ1) is 12.4. The molecule has 2 heterocycles. The molecule has 0 amide bonds. The number of nitrogens with two attached hydrogens (primary N) is 1. The molecule has 1 aromatic carbocycles. The Bertz CT molecular complexity index is 1080. The van der Waals surface area contributed by atoms with E-state index in [4.69, 9.17) is 5.73 Å². The van der Waals surface area contributed by atoms with Crippen molar-refractivity contribution in [1.29, 1.82) is 5.26 Å². The van der Waals surface area contributed by atoms with E-state index >= 15 is 0 Å². The number of hydrogen-bond acceptors (Lipinski definition) is 4. The fourth-order valence-corrected chi connectivity index (χ4v) is 3.42. The molecule has 0 spiro atoms. The third-order valence-electron chi connectivity index (χ3n) is 4.85. The zero-order chi connectivity index (χ0) is 18.9. The Hall–Kier alpha value is -3.13. The number of rotatable bonds is 4. The fourth-order valence-electron chi connectivity index (χ4n) is 3.42. The molecule has 3 N–H and O–H groups in total. The molecule has 0 aliphatic carbocycles. The molecule has 0 aliphatic heterocycles. The molecule has 0 saturated heterocycles. The van der Waals surface area contributed by atoms with Crippen LogP contribution in [-0.2, 0) is 18.3 Å². The van der Waals surface area contributed by atoms with E-state index in [1.807, 2.05) is 51.1 Å². The molecule has 1 atom stereocenters. The Morgan fingerprint density at radius 1 is 1.31 bits per heavy atom. The Morgan fingerprint density at radius 2 is 2.08 bits per heavy atom. The molecule has 26 heavy (non-hydrogen) atoms. The minimum absolute atomic E-state index is 0.0778. The van der Waals surface area contributed by atoms with Crippen LogP contribution in [0, 0.1) is 18.3 Å². The highest BCUT2D eigenvalue weighted by Crippen LogP contribution is 2.32. The first-order valence-electron chi connectivity index (χ1n) is 8.66. The van der Waals surface area contributed by atoms with E-state index in [0.29, 0.717) is 18.7 Å². The Kier molecular flexibility index (Phi) is 4.52. The highest BCUT2D eigenvalue weighted by molar-refractivity contribution is 5.81. The summed E-state index contributed by atoms with van der Waals surface area (Å²) >= 11 is 0. The minimum Gasteiger partial charge on any atom is -0.384 e. The van der Waals surface area contributed by atoms with E-state index < -0.39 is 5.41 Å². The van der Waals surface area contributed by atoms with Gasteiger partial charge in [0.15, 0.2) is 0 Å². The van der Waals surface area contributed by atoms with Crippen LogP contribution in [0.5, 0.6) is 0 Å². The average Bonchev–Trinajstić information content (AvgIpc) is 2.61. The van der Waals surface area contributed by atoms with Crippen LogP contribution in [0.15, 0.2) is 41.2 Å². The maximum absolute atomic E-state index is 12.2. The van der Waals surface area contributed by atoms with Crippen LogP contribution in [0.4, 0.5) is 5.82 Å². The van der Waals surface area contributed by atoms with Crippen LogP contribution >= 0.6 is 0 Å². The van der Waals surface area contributed by atoms with Crippen molar-refractivity contribution in [2.24, 2.45) is 0 Å². The van der Waals surface area contributed by atoms with Gasteiger partial charge in [-0.3, -0.25) is 4.79 Å². The predicted molar refractivity (Wildman–Crippen MR) is 104 cm³/mol. The van der Waals surface area contributed by atoms with Gasteiger partial charge in [-0.25, -0.2) is 4.98 Å². The highest BCUT2D eigenvalue weighted by atomic mass is 16.1. The lowest BCUT2D eigenvalue weighted by Gasteiger charge is -2.24. The molecule has 0 radical (unpaired) electrons. The van der Waals surface area contributed by atoms with Crippen molar-refractivity contribution in [3.63, 3.8) is 0 Å². The van der Waals surface area contributed by atoms with Crippen molar-refractivity contribution in [2.45, 2.75) is 39.0 Å². The Labute approximate surface area is 152 Å². The normalized spacial score (nSPS) is 13.3. The summed E-state index contributed by atoms with van der Waals surface area (Å²) in [5.74, 6) is 0.439. The van der Waals surface area contributed by atoms with Gasteiger partial charge in [0.1, 0.15) is 5.82 Å². The van der Waals surface area contributed by atoms with Crippen molar-refractivity contribution < 1.29 is 0 Å². The molecule has 5 nitrogen and oxygen atoms in total. The lowest BCUT2D eigenvalue weighted by atomic mass is 9.77. The first kappa shape index (κ1) is 17.7. The van der Waals surface area contributed by atoms with Crippen molar-refractivity contribution in [2.75, 3.05) is 5.73 Å². The lowest BCUT2D eigenvalue weighted by Crippen LogP contribution is -2.25. The molecule has 0 fully saturated rings. The Balaban J connectivity index is 2.13. The number of aromatic amines is 1. The number of H-pyrrole nitrogens is 1. The second-order valence-corrected chi connectivity index (χ2v) is 6.91. The molecule has 1 unspecified atom stereocenters. The third-order valence-corrected chi connectivity index (χ3v) is 4.85. The van der Waals surface area contributed by atoms with E-state index in [9.17, 15) is 10.1 Å². The van der Waals surface area contributed by atoms with Gasteiger partial charge < -0.3 is 10.7 Å². The van der Waals surface area contributed by atoms with Crippen molar-refractivity contribution in [3.8, 4) is 6.07 Å². The minimum atomic E-state index is -0.778. The quantitative estimate of drug-likeness (QED) is 0.757. The summed E-state index contributed by atoms with van der Waals surface area (Å²) in [4.78, 5) is 19.4. The van der Waals surface area contributed by atoms with Crippen LogP contribution < -0.4 is 11.3 Å². The van der Waals surface area contributed by atoms with Crippen molar-refractivity contribution in [1.82, 2.24) is 9.97 Å². The van der Waals surface area contributed by atoms with Crippen LogP contribution in [0.25, 0.3) is 10.9 Å². The van der Waals surface area contributed by atoms with E-state index in [-0.39, 0.29) is 5.56 Å². The van der Waals surface area contributed by atoms with Crippen molar-refractivity contribution >= 4 is 16.7 Å². The number of benzene rings is 1. The monoisotopic (exact) mass is 346 g/mol. The van der Waals surface area contributed by atoms with Gasteiger partial charge in [-0.05, 0) is 67.1 Å². The van der Waals surface area contributed by atoms with Crippen LogP contribution in [0.1, 0.15) is 36.2 Å². The van der Waals surface area contributed by atoms with Crippen molar-refractivity contribution in [3.05, 3.63) is 69.1 Å². The average molecular weight is 346 g/mol.